The third-order valence-electron chi connectivity index (χ3n) is 3.71. The van der Waals surface area contributed by atoms with Gasteiger partial charge in [0.2, 0.25) is 0 Å². The van der Waals surface area contributed by atoms with Crippen molar-refractivity contribution in [3.63, 3.8) is 0 Å². The molecule has 0 amide bonds. The molecule has 90 valence electrons. The van der Waals surface area contributed by atoms with Gasteiger partial charge >= 0.3 is 0 Å². The summed E-state index contributed by atoms with van der Waals surface area (Å²) >= 11 is 3.59. The molecule has 0 aromatic heterocycles. The van der Waals surface area contributed by atoms with Crippen molar-refractivity contribution in [3.05, 3.63) is 0 Å². The third kappa shape index (κ3) is 4.86. The van der Waals surface area contributed by atoms with E-state index in [1.165, 1.54) is 51.6 Å². The van der Waals surface area contributed by atoms with Crippen LogP contribution in [0.5, 0.6) is 0 Å². The highest BCUT2D eigenvalue weighted by Crippen LogP contribution is 2.23. The van der Waals surface area contributed by atoms with E-state index in [1.807, 2.05) is 0 Å². The quantitative estimate of drug-likeness (QED) is 0.661. The molecule has 0 aromatic carbocycles. The van der Waals surface area contributed by atoms with Crippen LogP contribution in [-0.2, 0) is 0 Å². The van der Waals surface area contributed by atoms with Gasteiger partial charge in [-0.05, 0) is 18.8 Å². The fourth-order valence-corrected chi connectivity index (χ4v) is 2.96. The van der Waals surface area contributed by atoms with E-state index in [0.717, 1.165) is 17.3 Å². The second-order valence-electron chi connectivity index (χ2n) is 4.99. The zero-order chi connectivity index (χ0) is 11.1. The Morgan fingerprint density at radius 2 is 1.93 bits per heavy atom. The summed E-state index contributed by atoms with van der Waals surface area (Å²) in [4.78, 5) is 2.72. The highest BCUT2D eigenvalue weighted by Gasteiger charge is 2.21. The first-order chi connectivity index (χ1) is 7.27. The van der Waals surface area contributed by atoms with E-state index in [2.05, 4.69) is 34.7 Å². The molecule has 2 heteroatoms. The van der Waals surface area contributed by atoms with Crippen molar-refractivity contribution in [2.24, 2.45) is 5.92 Å². The predicted octanol–water partition coefficient (Wildman–Crippen LogP) is 4.06. The van der Waals surface area contributed by atoms with Crippen LogP contribution in [0, 0.1) is 5.92 Å². The van der Waals surface area contributed by atoms with Crippen LogP contribution >= 0.6 is 15.9 Å². The Morgan fingerprint density at radius 1 is 1.27 bits per heavy atom. The minimum absolute atomic E-state index is 0.853. The monoisotopic (exact) mass is 275 g/mol. The number of nitrogens with zero attached hydrogens (tertiary/aromatic N) is 1. The van der Waals surface area contributed by atoms with Gasteiger partial charge in [-0.3, -0.25) is 4.90 Å². The maximum atomic E-state index is 3.59. The maximum Gasteiger partial charge on any atom is 0.0159 e. The Morgan fingerprint density at radius 3 is 2.47 bits per heavy atom. The average molecular weight is 276 g/mol. The van der Waals surface area contributed by atoms with Crippen molar-refractivity contribution < 1.29 is 0 Å². The summed E-state index contributed by atoms with van der Waals surface area (Å²) in [6.07, 6.45) is 8.54. The molecule has 1 fully saturated rings. The highest BCUT2D eigenvalue weighted by atomic mass is 79.9. The lowest BCUT2D eigenvalue weighted by atomic mass is 9.93. The van der Waals surface area contributed by atoms with Gasteiger partial charge in [0.25, 0.3) is 0 Å². The van der Waals surface area contributed by atoms with Crippen LogP contribution in [0.25, 0.3) is 0 Å². The van der Waals surface area contributed by atoms with Crippen LogP contribution in [0.3, 0.4) is 0 Å². The molecular formula is C13H26BrN. The van der Waals surface area contributed by atoms with Crippen molar-refractivity contribution in [1.82, 2.24) is 4.90 Å². The average Bonchev–Trinajstić information content (AvgIpc) is 2.29. The van der Waals surface area contributed by atoms with Crippen molar-refractivity contribution in [3.8, 4) is 0 Å². The van der Waals surface area contributed by atoms with Gasteiger partial charge in [0.1, 0.15) is 0 Å². The van der Waals surface area contributed by atoms with Crippen molar-refractivity contribution >= 4 is 15.9 Å². The molecule has 0 bridgehead atoms. The summed E-state index contributed by atoms with van der Waals surface area (Å²) in [5.74, 6) is 0.853. The SMILES string of the molecule is CCC(C)CN(CCBr)C1CCCCC1. The molecule has 0 aromatic rings. The summed E-state index contributed by atoms with van der Waals surface area (Å²) < 4.78 is 0. The van der Waals surface area contributed by atoms with Gasteiger partial charge in [-0.15, -0.1) is 0 Å². The van der Waals surface area contributed by atoms with Gasteiger partial charge in [-0.25, -0.2) is 0 Å². The normalized spacial score (nSPS) is 20.8. The van der Waals surface area contributed by atoms with E-state index in [4.69, 9.17) is 0 Å². The standard InChI is InChI=1S/C13H26BrN/c1-3-12(2)11-15(10-9-14)13-7-5-4-6-8-13/h12-13H,3-11H2,1-2H3. The van der Waals surface area contributed by atoms with E-state index in [0.29, 0.717) is 0 Å². The zero-order valence-corrected chi connectivity index (χ0v) is 11.9. The van der Waals surface area contributed by atoms with E-state index in [1.54, 1.807) is 0 Å². The molecule has 1 nitrogen and oxygen atoms in total. The molecule has 0 N–H and O–H groups in total. The summed E-state index contributed by atoms with van der Waals surface area (Å²) in [6, 6.07) is 0.880. The number of hydrogen-bond acceptors (Lipinski definition) is 1. The van der Waals surface area contributed by atoms with Gasteiger partial charge in [-0.1, -0.05) is 55.5 Å². The van der Waals surface area contributed by atoms with Crippen LogP contribution in [0.4, 0.5) is 0 Å². The first-order valence-corrected chi connectivity index (χ1v) is 7.70. The lowest BCUT2D eigenvalue weighted by molar-refractivity contribution is 0.144. The first-order valence-electron chi connectivity index (χ1n) is 6.58. The molecule has 0 radical (unpaired) electrons. The topological polar surface area (TPSA) is 3.24 Å². The van der Waals surface area contributed by atoms with Crippen molar-refractivity contribution in [2.45, 2.75) is 58.4 Å². The van der Waals surface area contributed by atoms with Gasteiger partial charge in [0.15, 0.2) is 0 Å². The largest absolute Gasteiger partial charge is 0.299 e. The molecular weight excluding hydrogens is 250 g/mol. The van der Waals surface area contributed by atoms with Gasteiger partial charge in [0, 0.05) is 24.5 Å². The molecule has 1 unspecified atom stereocenters. The van der Waals surface area contributed by atoms with E-state index >= 15 is 0 Å². The van der Waals surface area contributed by atoms with E-state index in [9.17, 15) is 0 Å². The van der Waals surface area contributed by atoms with E-state index < -0.39 is 0 Å². The molecule has 0 heterocycles. The second kappa shape index (κ2) is 7.67. The molecule has 0 spiro atoms. The van der Waals surface area contributed by atoms with Crippen LogP contribution in [0.15, 0.2) is 0 Å². The number of alkyl halides is 1. The fraction of sp³-hybridized carbons (Fsp3) is 1.00. The summed E-state index contributed by atoms with van der Waals surface area (Å²) in [6.45, 7) is 7.21. The Labute approximate surface area is 104 Å². The minimum Gasteiger partial charge on any atom is -0.299 e. The molecule has 1 aliphatic carbocycles. The zero-order valence-electron chi connectivity index (χ0n) is 10.3. The van der Waals surface area contributed by atoms with Crippen LogP contribution in [0.1, 0.15) is 52.4 Å². The van der Waals surface area contributed by atoms with Crippen LogP contribution < -0.4 is 0 Å². The lowest BCUT2D eigenvalue weighted by Crippen LogP contribution is -2.40. The highest BCUT2D eigenvalue weighted by molar-refractivity contribution is 9.09. The van der Waals surface area contributed by atoms with Crippen molar-refractivity contribution in [1.29, 1.82) is 0 Å². The molecule has 1 aliphatic rings. The first kappa shape index (κ1) is 13.5. The molecule has 1 atom stereocenters. The molecule has 15 heavy (non-hydrogen) atoms. The Kier molecular flexibility index (Phi) is 6.91. The molecule has 0 aliphatic heterocycles. The third-order valence-corrected chi connectivity index (χ3v) is 4.06. The predicted molar refractivity (Wildman–Crippen MR) is 71.7 cm³/mol. The van der Waals surface area contributed by atoms with Gasteiger partial charge < -0.3 is 0 Å². The minimum atomic E-state index is 0.853. The van der Waals surface area contributed by atoms with Crippen LogP contribution in [0.2, 0.25) is 0 Å². The summed E-state index contributed by atoms with van der Waals surface area (Å²) in [5, 5.41) is 1.12. The van der Waals surface area contributed by atoms with E-state index in [-0.39, 0.29) is 0 Å². The molecule has 0 saturated heterocycles. The van der Waals surface area contributed by atoms with Crippen LogP contribution in [-0.4, -0.2) is 29.4 Å². The fourth-order valence-electron chi connectivity index (χ4n) is 2.51. The number of hydrogen-bond donors (Lipinski definition) is 0. The Bertz CT molecular complexity index is 155. The molecule has 1 saturated carbocycles. The van der Waals surface area contributed by atoms with Crippen molar-refractivity contribution in [2.75, 3.05) is 18.4 Å². The van der Waals surface area contributed by atoms with Gasteiger partial charge in [-0.2, -0.15) is 0 Å². The number of halogens is 1. The Balaban J connectivity index is 2.39. The maximum absolute atomic E-state index is 3.59. The molecule has 1 rings (SSSR count). The smallest absolute Gasteiger partial charge is 0.0159 e. The van der Waals surface area contributed by atoms with Gasteiger partial charge in [0.05, 0.1) is 0 Å². The number of rotatable bonds is 6. The second-order valence-corrected chi connectivity index (χ2v) is 5.78. The lowest BCUT2D eigenvalue weighted by Gasteiger charge is -2.35. The Hall–Kier alpha value is 0.440. The summed E-state index contributed by atoms with van der Waals surface area (Å²) in [7, 11) is 0. The summed E-state index contributed by atoms with van der Waals surface area (Å²) in [5.41, 5.74) is 0.